The topological polar surface area (TPSA) is 123 Å². The molecule has 1 aliphatic carbocycles. The molecule has 210 valence electrons. The van der Waals surface area contributed by atoms with Gasteiger partial charge in [0.05, 0.1) is 18.6 Å². The van der Waals surface area contributed by atoms with Crippen molar-refractivity contribution >= 4 is 17.7 Å². The predicted molar refractivity (Wildman–Crippen MR) is 131 cm³/mol. The van der Waals surface area contributed by atoms with Crippen molar-refractivity contribution in [3.05, 3.63) is 0 Å². The number of hydrogen-bond acceptors (Lipinski definition) is 8. The molecule has 0 spiro atoms. The maximum atomic E-state index is 13.3. The Labute approximate surface area is 215 Å². The quantitative estimate of drug-likeness (QED) is 0.230. The average Bonchev–Trinajstić information content (AvgIpc) is 3.26. The third-order valence-corrected chi connectivity index (χ3v) is 8.68. The first-order chi connectivity index (χ1) is 17.1. The maximum absolute atomic E-state index is 13.3. The highest BCUT2D eigenvalue weighted by Crippen LogP contribution is 2.36. The molecule has 1 amide bonds. The smallest absolute Gasteiger partial charge is 0.388 e. The second kappa shape index (κ2) is 14.0. The normalized spacial score (nSPS) is 35.4. The van der Waals surface area contributed by atoms with Crippen molar-refractivity contribution in [1.82, 2.24) is 16.0 Å². The molecule has 0 aromatic carbocycles. The molecule has 2 saturated heterocycles. The van der Waals surface area contributed by atoms with Gasteiger partial charge in [0.1, 0.15) is 29.9 Å². The van der Waals surface area contributed by atoms with E-state index in [4.69, 9.17) is 4.74 Å². The highest BCUT2D eigenvalue weighted by Gasteiger charge is 2.49. The summed E-state index contributed by atoms with van der Waals surface area (Å²) < 4.78 is 42.8. The van der Waals surface area contributed by atoms with E-state index in [2.05, 4.69) is 16.0 Å². The summed E-state index contributed by atoms with van der Waals surface area (Å²) in [5, 5.41) is 40.3. The molecule has 2 aliphatic heterocycles. The number of ether oxygens (including phenoxy) is 1. The number of rotatable bonds is 10. The number of nitrogens with one attached hydrogen (secondary N) is 3. The van der Waals surface area contributed by atoms with Gasteiger partial charge in [-0.15, -0.1) is 11.8 Å². The lowest BCUT2D eigenvalue weighted by Gasteiger charge is -2.45. The lowest BCUT2D eigenvalue weighted by Crippen LogP contribution is -2.65. The molecule has 3 aliphatic rings. The van der Waals surface area contributed by atoms with Crippen molar-refractivity contribution in [1.29, 1.82) is 0 Å². The lowest BCUT2D eigenvalue weighted by atomic mass is 9.86. The van der Waals surface area contributed by atoms with Crippen molar-refractivity contribution in [3.8, 4) is 0 Å². The Morgan fingerprint density at radius 1 is 1.08 bits per heavy atom. The summed E-state index contributed by atoms with van der Waals surface area (Å²) >= 11 is 1.26. The number of aliphatic hydroxyl groups excluding tert-OH is 3. The number of halogens is 3. The van der Waals surface area contributed by atoms with Crippen LogP contribution in [0.5, 0.6) is 0 Å². The maximum Gasteiger partial charge on any atom is 0.401 e. The van der Waals surface area contributed by atoms with Crippen molar-refractivity contribution in [2.24, 2.45) is 11.8 Å². The van der Waals surface area contributed by atoms with Crippen LogP contribution >= 0.6 is 11.8 Å². The first kappa shape index (κ1) is 29.9. The third-order valence-electron chi connectivity index (χ3n) is 7.82. The number of amides is 1. The SMILES string of the molecule is CSC1O[C@H](C(NC(=O)[C@@H]2CC[C@H](CCCNCC(F)(F)F)CCN2)C2CCCC2)C(O)C(O)[C@H]1O. The van der Waals surface area contributed by atoms with Crippen LogP contribution in [0.25, 0.3) is 0 Å². The zero-order valence-electron chi connectivity index (χ0n) is 20.9. The fourth-order valence-electron chi connectivity index (χ4n) is 5.78. The fraction of sp³-hybridized carbons (Fsp3) is 0.958. The van der Waals surface area contributed by atoms with Gasteiger partial charge in [0.15, 0.2) is 0 Å². The second-order valence-electron chi connectivity index (χ2n) is 10.4. The third kappa shape index (κ3) is 8.44. The molecule has 0 radical (unpaired) electrons. The summed E-state index contributed by atoms with van der Waals surface area (Å²) in [4.78, 5) is 13.3. The van der Waals surface area contributed by atoms with Gasteiger partial charge in [-0.05, 0) is 76.1 Å². The highest BCUT2D eigenvalue weighted by molar-refractivity contribution is 7.99. The van der Waals surface area contributed by atoms with Crippen LogP contribution in [0.4, 0.5) is 13.2 Å². The minimum atomic E-state index is -4.20. The zero-order valence-corrected chi connectivity index (χ0v) is 21.7. The molecular weight excluding hydrogens is 499 g/mol. The minimum Gasteiger partial charge on any atom is -0.388 e. The van der Waals surface area contributed by atoms with Crippen molar-refractivity contribution < 1.29 is 38.0 Å². The van der Waals surface area contributed by atoms with E-state index < -0.39 is 54.7 Å². The number of carbonyl (C=O) groups is 1. The van der Waals surface area contributed by atoms with Gasteiger partial charge in [-0.25, -0.2) is 0 Å². The van der Waals surface area contributed by atoms with Gasteiger partial charge in [-0.1, -0.05) is 12.8 Å². The highest BCUT2D eigenvalue weighted by atomic mass is 32.2. The van der Waals surface area contributed by atoms with E-state index in [1.54, 1.807) is 6.26 Å². The standard InChI is InChI=1S/C24H42F3N3O5S/c1-36-23-20(33)18(31)19(32)21(35-23)17(15-6-2-3-7-15)30-22(34)16-9-8-14(10-12-29-16)5-4-11-28-13-24(25,26)27/h14-21,23,28-29,31-33H,2-13H2,1H3,(H,30,34)/t14-,16-,17?,18?,19?,20+,21+,23?/m0/s1. The van der Waals surface area contributed by atoms with E-state index in [-0.39, 0.29) is 11.8 Å². The first-order valence-electron chi connectivity index (χ1n) is 13.1. The molecule has 3 fully saturated rings. The summed E-state index contributed by atoms with van der Waals surface area (Å²) in [5.74, 6) is 0.286. The van der Waals surface area contributed by atoms with Crippen LogP contribution in [-0.2, 0) is 9.53 Å². The van der Waals surface area contributed by atoms with Crippen LogP contribution in [0.15, 0.2) is 0 Å². The van der Waals surface area contributed by atoms with Crippen molar-refractivity contribution in [3.63, 3.8) is 0 Å². The van der Waals surface area contributed by atoms with Gasteiger partial charge in [0.25, 0.3) is 0 Å². The second-order valence-corrected chi connectivity index (χ2v) is 11.4. The molecule has 0 aromatic rings. The Balaban J connectivity index is 1.54. The molecule has 2 heterocycles. The summed E-state index contributed by atoms with van der Waals surface area (Å²) in [6.45, 7) is -0.0106. The van der Waals surface area contributed by atoms with Gasteiger partial charge < -0.3 is 36.0 Å². The Bertz CT molecular complexity index is 684. The largest absolute Gasteiger partial charge is 0.401 e. The van der Waals surface area contributed by atoms with Crippen molar-refractivity contribution in [2.45, 2.75) is 106 Å². The summed E-state index contributed by atoms with van der Waals surface area (Å²) in [6, 6.07) is -0.887. The minimum absolute atomic E-state index is 0.112. The van der Waals surface area contributed by atoms with Crippen LogP contribution in [0.1, 0.15) is 57.8 Å². The molecule has 6 N–H and O–H groups in total. The Morgan fingerprint density at radius 2 is 1.81 bits per heavy atom. The van der Waals surface area contributed by atoms with Crippen LogP contribution < -0.4 is 16.0 Å². The zero-order chi connectivity index (χ0) is 26.3. The van der Waals surface area contributed by atoms with Crippen molar-refractivity contribution in [2.75, 3.05) is 25.9 Å². The number of alkyl halides is 3. The lowest BCUT2D eigenvalue weighted by molar-refractivity contribution is -0.208. The van der Waals surface area contributed by atoms with Gasteiger partial charge in [0.2, 0.25) is 5.91 Å². The number of carbonyl (C=O) groups excluding carboxylic acids is 1. The molecule has 8 nitrogen and oxygen atoms in total. The Kier molecular flexibility index (Phi) is 11.6. The van der Waals surface area contributed by atoms with E-state index >= 15 is 0 Å². The number of hydrogen-bond donors (Lipinski definition) is 6. The summed E-state index contributed by atoms with van der Waals surface area (Å²) in [5.41, 5.74) is -0.698. The number of aliphatic hydroxyl groups is 3. The molecule has 36 heavy (non-hydrogen) atoms. The Hall–Kier alpha value is -0.630. The van der Waals surface area contributed by atoms with Gasteiger partial charge in [-0.3, -0.25) is 4.79 Å². The van der Waals surface area contributed by atoms with Gasteiger partial charge in [0, 0.05) is 0 Å². The number of thioether (sulfide) groups is 1. The predicted octanol–water partition coefficient (Wildman–Crippen LogP) is 1.52. The van der Waals surface area contributed by atoms with E-state index in [1.165, 1.54) is 11.8 Å². The molecule has 3 rings (SSSR count). The van der Waals surface area contributed by atoms with E-state index in [0.29, 0.717) is 31.8 Å². The molecule has 1 saturated carbocycles. The van der Waals surface area contributed by atoms with Gasteiger partial charge in [-0.2, -0.15) is 13.2 Å². The molecule has 8 atom stereocenters. The van der Waals surface area contributed by atoms with Gasteiger partial charge >= 0.3 is 6.18 Å². The van der Waals surface area contributed by atoms with E-state index in [1.807, 2.05) is 0 Å². The summed E-state index contributed by atoms with van der Waals surface area (Å²) in [6.07, 6.45) is 0.440. The Morgan fingerprint density at radius 3 is 2.47 bits per heavy atom. The molecule has 12 heteroatoms. The van der Waals surface area contributed by atoms with Crippen LogP contribution in [0.2, 0.25) is 0 Å². The molecular formula is C24H42F3N3O5S. The van der Waals surface area contributed by atoms with Crippen LogP contribution in [0, 0.1) is 11.8 Å². The van der Waals surface area contributed by atoms with E-state index in [9.17, 15) is 33.3 Å². The first-order valence-corrected chi connectivity index (χ1v) is 14.4. The molecule has 0 aromatic heterocycles. The summed E-state index contributed by atoms with van der Waals surface area (Å²) in [7, 11) is 0. The fourth-order valence-corrected chi connectivity index (χ4v) is 6.46. The van der Waals surface area contributed by atoms with Crippen LogP contribution in [0.3, 0.4) is 0 Å². The molecule has 4 unspecified atom stereocenters. The monoisotopic (exact) mass is 541 g/mol. The average molecular weight is 542 g/mol. The molecule has 0 bridgehead atoms. The van der Waals surface area contributed by atoms with E-state index in [0.717, 1.165) is 44.9 Å². The van der Waals surface area contributed by atoms with Crippen LogP contribution in [-0.4, -0.2) is 95.2 Å².